The Morgan fingerprint density at radius 3 is 2.84 bits per heavy atom. The summed E-state index contributed by atoms with van der Waals surface area (Å²) < 4.78 is 0.732. The maximum atomic E-state index is 11.0. The average Bonchev–Trinajstić information content (AvgIpc) is 2.38. The van der Waals surface area contributed by atoms with Gasteiger partial charge in [-0.3, -0.25) is 10.1 Å². The lowest BCUT2D eigenvalue weighted by atomic mass is 9.80. The molecule has 19 heavy (non-hydrogen) atoms. The van der Waals surface area contributed by atoms with E-state index in [2.05, 4.69) is 28.2 Å². The molecule has 5 heteroatoms. The zero-order chi connectivity index (χ0) is 13.8. The second-order valence-corrected chi connectivity index (χ2v) is 6.24. The van der Waals surface area contributed by atoms with E-state index < -0.39 is 0 Å². The van der Waals surface area contributed by atoms with Gasteiger partial charge in [-0.1, -0.05) is 42.1 Å². The zero-order valence-corrected chi connectivity index (χ0v) is 12.6. The SMILES string of the molecule is CC1CCCCC1CNc1ccc(Br)cc1[N+](=O)[O-]. The maximum absolute atomic E-state index is 11.0. The van der Waals surface area contributed by atoms with E-state index >= 15 is 0 Å². The van der Waals surface area contributed by atoms with E-state index in [9.17, 15) is 10.1 Å². The predicted octanol–water partition coefficient (Wildman–Crippen LogP) is 4.60. The molecule has 1 aliphatic carbocycles. The summed E-state index contributed by atoms with van der Waals surface area (Å²) >= 11 is 3.27. The first kappa shape index (κ1) is 14.3. The van der Waals surface area contributed by atoms with Crippen LogP contribution in [0.25, 0.3) is 0 Å². The zero-order valence-electron chi connectivity index (χ0n) is 11.1. The molecular weight excluding hydrogens is 308 g/mol. The molecule has 4 nitrogen and oxygen atoms in total. The van der Waals surface area contributed by atoms with Crippen molar-refractivity contribution < 1.29 is 4.92 Å². The van der Waals surface area contributed by atoms with Gasteiger partial charge in [0.2, 0.25) is 0 Å². The first-order valence-corrected chi connectivity index (χ1v) is 7.55. The highest BCUT2D eigenvalue weighted by molar-refractivity contribution is 9.10. The Labute approximate surface area is 121 Å². The fourth-order valence-electron chi connectivity index (χ4n) is 2.74. The number of rotatable bonds is 4. The number of hydrogen-bond donors (Lipinski definition) is 1. The number of nitro groups is 1. The molecule has 1 aromatic rings. The monoisotopic (exact) mass is 326 g/mol. The highest BCUT2D eigenvalue weighted by Gasteiger charge is 2.22. The van der Waals surface area contributed by atoms with Crippen LogP contribution >= 0.6 is 15.9 Å². The molecule has 0 bridgehead atoms. The summed E-state index contributed by atoms with van der Waals surface area (Å²) in [4.78, 5) is 10.7. The van der Waals surface area contributed by atoms with Gasteiger partial charge in [0.15, 0.2) is 0 Å². The van der Waals surface area contributed by atoms with Gasteiger partial charge in [0.05, 0.1) is 4.92 Å². The topological polar surface area (TPSA) is 55.2 Å². The lowest BCUT2D eigenvalue weighted by Crippen LogP contribution is -2.24. The Morgan fingerprint density at radius 2 is 2.16 bits per heavy atom. The lowest BCUT2D eigenvalue weighted by Gasteiger charge is -2.29. The lowest BCUT2D eigenvalue weighted by molar-refractivity contribution is -0.384. The summed E-state index contributed by atoms with van der Waals surface area (Å²) in [6.07, 6.45) is 5.09. The summed E-state index contributed by atoms with van der Waals surface area (Å²) in [6.45, 7) is 3.10. The molecule has 104 valence electrons. The second-order valence-electron chi connectivity index (χ2n) is 5.32. The van der Waals surface area contributed by atoms with Crippen molar-refractivity contribution >= 4 is 27.3 Å². The molecule has 0 aliphatic heterocycles. The minimum absolute atomic E-state index is 0.137. The van der Waals surface area contributed by atoms with Crippen LogP contribution in [0, 0.1) is 22.0 Å². The van der Waals surface area contributed by atoms with Gasteiger partial charge in [0, 0.05) is 17.1 Å². The molecule has 1 N–H and O–H groups in total. The van der Waals surface area contributed by atoms with Gasteiger partial charge < -0.3 is 5.32 Å². The van der Waals surface area contributed by atoms with Crippen LogP contribution in [-0.4, -0.2) is 11.5 Å². The average molecular weight is 327 g/mol. The normalized spacial score (nSPS) is 23.1. The van der Waals surface area contributed by atoms with Crippen LogP contribution < -0.4 is 5.32 Å². The van der Waals surface area contributed by atoms with Crippen molar-refractivity contribution in [2.24, 2.45) is 11.8 Å². The summed E-state index contributed by atoms with van der Waals surface area (Å²) in [5, 5.41) is 14.3. The third-order valence-corrected chi connectivity index (χ3v) is 4.49. The molecular formula is C14H19BrN2O2. The molecule has 0 amide bonds. The molecule has 0 saturated heterocycles. The molecule has 0 radical (unpaired) electrons. The Bertz CT molecular complexity index is 465. The molecule has 0 heterocycles. The molecule has 0 spiro atoms. The van der Waals surface area contributed by atoms with Crippen molar-refractivity contribution in [2.45, 2.75) is 32.6 Å². The first-order chi connectivity index (χ1) is 9.08. The van der Waals surface area contributed by atoms with Crippen LogP contribution in [0.15, 0.2) is 22.7 Å². The smallest absolute Gasteiger partial charge is 0.293 e. The quantitative estimate of drug-likeness (QED) is 0.650. The van der Waals surface area contributed by atoms with Crippen LogP contribution in [-0.2, 0) is 0 Å². The van der Waals surface area contributed by atoms with E-state index in [1.165, 1.54) is 25.7 Å². The first-order valence-electron chi connectivity index (χ1n) is 6.75. The molecule has 1 fully saturated rings. The van der Waals surface area contributed by atoms with Gasteiger partial charge in [0.25, 0.3) is 5.69 Å². The van der Waals surface area contributed by atoms with Gasteiger partial charge in [0.1, 0.15) is 5.69 Å². The number of halogens is 1. The van der Waals surface area contributed by atoms with Crippen molar-refractivity contribution in [1.29, 1.82) is 0 Å². The fourth-order valence-corrected chi connectivity index (χ4v) is 3.09. The third-order valence-electron chi connectivity index (χ3n) is 4.00. The molecule has 1 saturated carbocycles. The van der Waals surface area contributed by atoms with Gasteiger partial charge >= 0.3 is 0 Å². The second kappa shape index (κ2) is 6.37. The summed E-state index contributed by atoms with van der Waals surface area (Å²) in [7, 11) is 0. The van der Waals surface area contributed by atoms with Crippen LogP contribution in [0.5, 0.6) is 0 Å². The van der Waals surface area contributed by atoms with Crippen molar-refractivity contribution in [3.05, 3.63) is 32.8 Å². The van der Waals surface area contributed by atoms with E-state index in [4.69, 9.17) is 0 Å². The fraction of sp³-hybridized carbons (Fsp3) is 0.571. The largest absolute Gasteiger partial charge is 0.379 e. The molecule has 2 rings (SSSR count). The summed E-state index contributed by atoms with van der Waals surface area (Å²) in [6, 6.07) is 5.15. The number of anilines is 1. The van der Waals surface area contributed by atoms with E-state index in [0.717, 1.165) is 11.0 Å². The maximum Gasteiger partial charge on any atom is 0.293 e. The van der Waals surface area contributed by atoms with Crippen molar-refractivity contribution in [3.63, 3.8) is 0 Å². The molecule has 0 aromatic heterocycles. The number of nitrogens with zero attached hydrogens (tertiary/aromatic N) is 1. The Hall–Kier alpha value is -1.10. The minimum Gasteiger partial charge on any atom is -0.379 e. The van der Waals surface area contributed by atoms with Crippen molar-refractivity contribution in [1.82, 2.24) is 0 Å². The molecule has 2 unspecified atom stereocenters. The summed E-state index contributed by atoms with van der Waals surface area (Å²) in [5.74, 6) is 1.33. The summed E-state index contributed by atoms with van der Waals surface area (Å²) in [5.41, 5.74) is 0.754. The Kier molecular flexibility index (Phi) is 4.80. The standard InChI is InChI=1S/C14H19BrN2O2/c1-10-4-2-3-5-11(10)9-16-13-7-6-12(15)8-14(13)17(18)19/h6-8,10-11,16H,2-5,9H2,1H3. The number of nitrogens with one attached hydrogen (secondary N) is 1. The third kappa shape index (κ3) is 3.69. The van der Waals surface area contributed by atoms with Crippen LogP contribution in [0.3, 0.4) is 0 Å². The Morgan fingerprint density at radius 1 is 1.42 bits per heavy atom. The van der Waals surface area contributed by atoms with Gasteiger partial charge in [-0.05, 0) is 30.4 Å². The van der Waals surface area contributed by atoms with E-state index in [1.54, 1.807) is 12.1 Å². The minimum atomic E-state index is -0.336. The van der Waals surface area contributed by atoms with Crippen LogP contribution in [0.2, 0.25) is 0 Å². The molecule has 2 atom stereocenters. The van der Waals surface area contributed by atoms with Gasteiger partial charge in [-0.15, -0.1) is 0 Å². The van der Waals surface area contributed by atoms with Crippen LogP contribution in [0.4, 0.5) is 11.4 Å². The van der Waals surface area contributed by atoms with Gasteiger partial charge in [-0.2, -0.15) is 0 Å². The number of benzene rings is 1. The van der Waals surface area contributed by atoms with E-state index in [0.29, 0.717) is 17.5 Å². The highest BCUT2D eigenvalue weighted by atomic mass is 79.9. The Balaban J connectivity index is 2.04. The van der Waals surface area contributed by atoms with Gasteiger partial charge in [-0.25, -0.2) is 0 Å². The predicted molar refractivity (Wildman–Crippen MR) is 80.4 cm³/mol. The van der Waals surface area contributed by atoms with E-state index in [1.807, 2.05) is 6.07 Å². The number of nitro benzene ring substituents is 1. The molecule has 1 aromatic carbocycles. The van der Waals surface area contributed by atoms with Crippen molar-refractivity contribution in [2.75, 3.05) is 11.9 Å². The van der Waals surface area contributed by atoms with E-state index in [-0.39, 0.29) is 10.6 Å². The van der Waals surface area contributed by atoms with Crippen molar-refractivity contribution in [3.8, 4) is 0 Å². The highest BCUT2D eigenvalue weighted by Crippen LogP contribution is 2.32. The molecule has 1 aliphatic rings. The van der Waals surface area contributed by atoms with Crippen LogP contribution in [0.1, 0.15) is 32.6 Å². The number of hydrogen-bond acceptors (Lipinski definition) is 3.